The molecule has 1 aliphatic heterocycles. The highest BCUT2D eigenvalue weighted by Crippen LogP contribution is 2.20. The van der Waals surface area contributed by atoms with Gasteiger partial charge in [-0.25, -0.2) is 9.37 Å². The number of halogens is 1. The van der Waals surface area contributed by atoms with Crippen molar-refractivity contribution in [2.24, 2.45) is 5.92 Å². The number of rotatable bonds is 4. The second kappa shape index (κ2) is 6.65. The zero-order valence-electron chi connectivity index (χ0n) is 11.8. The third-order valence-electron chi connectivity index (χ3n) is 3.67. The summed E-state index contributed by atoms with van der Waals surface area (Å²) in [4.78, 5) is 16.1. The van der Waals surface area contributed by atoms with E-state index in [0.717, 1.165) is 32.3 Å². The van der Waals surface area contributed by atoms with Crippen LogP contribution in [0.5, 0.6) is 0 Å². The third kappa shape index (κ3) is 3.45. The molecule has 0 radical (unpaired) electrons. The van der Waals surface area contributed by atoms with Crippen LogP contribution in [0.3, 0.4) is 0 Å². The molecule has 20 heavy (non-hydrogen) atoms. The molecule has 1 aromatic rings. The maximum absolute atomic E-state index is 13.2. The number of nitrogens with one attached hydrogen (secondary N) is 2. The highest BCUT2D eigenvalue weighted by Gasteiger charge is 2.23. The number of pyridine rings is 1. The molecule has 0 aromatic carbocycles. The lowest BCUT2D eigenvalue weighted by Gasteiger charge is -2.28. The zero-order valence-corrected chi connectivity index (χ0v) is 11.8. The molecule has 1 atom stereocenters. The van der Waals surface area contributed by atoms with Crippen molar-refractivity contribution >= 4 is 11.7 Å². The van der Waals surface area contributed by atoms with Gasteiger partial charge >= 0.3 is 0 Å². The van der Waals surface area contributed by atoms with E-state index in [1.165, 1.54) is 6.07 Å². The Morgan fingerprint density at radius 2 is 2.20 bits per heavy atom. The first-order valence-electron chi connectivity index (χ1n) is 6.83. The molecule has 0 aliphatic carbocycles. The predicted molar refractivity (Wildman–Crippen MR) is 74.2 cm³/mol. The van der Waals surface area contributed by atoms with Crippen LogP contribution >= 0.6 is 0 Å². The highest BCUT2D eigenvalue weighted by atomic mass is 19.1. The fraction of sp³-hybridized carbons (Fsp3) is 0.571. The van der Waals surface area contributed by atoms with E-state index < -0.39 is 5.82 Å². The highest BCUT2D eigenvalue weighted by molar-refractivity contribution is 5.98. The van der Waals surface area contributed by atoms with Crippen LogP contribution in [0.2, 0.25) is 0 Å². The largest absolute Gasteiger partial charge is 0.381 e. The fourth-order valence-electron chi connectivity index (χ4n) is 2.43. The molecule has 110 valence electrons. The second-order valence-electron chi connectivity index (χ2n) is 5.01. The summed E-state index contributed by atoms with van der Waals surface area (Å²) in [6.45, 7) is 3.43. The number of ether oxygens (including phenoxy) is 1. The lowest BCUT2D eigenvalue weighted by atomic mass is 9.93. The van der Waals surface area contributed by atoms with E-state index in [1.807, 2.05) is 6.92 Å². The van der Waals surface area contributed by atoms with Crippen molar-refractivity contribution in [3.63, 3.8) is 0 Å². The van der Waals surface area contributed by atoms with Crippen LogP contribution in [-0.4, -0.2) is 37.2 Å². The monoisotopic (exact) mass is 281 g/mol. The zero-order chi connectivity index (χ0) is 14.5. The van der Waals surface area contributed by atoms with Gasteiger partial charge in [-0.05, 0) is 31.7 Å². The van der Waals surface area contributed by atoms with E-state index in [0.29, 0.717) is 11.7 Å². The minimum atomic E-state index is -0.520. The van der Waals surface area contributed by atoms with E-state index in [9.17, 15) is 9.18 Å². The molecule has 1 unspecified atom stereocenters. The second-order valence-corrected chi connectivity index (χ2v) is 5.01. The van der Waals surface area contributed by atoms with Crippen LogP contribution in [0, 0.1) is 11.7 Å². The van der Waals surface area contributed by atoms with Gasteiger partial charge in [0, 0.05) is 26.3 Å². The standard InChI is InChI=1S/C14H20FN3O2/c1-9(10-3-5-20-6-4-10)18-14(19)12-7-11(15)8-17-13(12)16-2/h7-10H,3-6H2,1-2H3,(H,16,17)(H,18,19). The molecule has 1 aliphatic rings. The lowest BCUT2D eigenvalue weighted by Crippen LogP contribution is -2.40. The molecule has 0 spiro atoms. The third-order valence-corrected chi connectivity index (χ3v) is 3.67. The van der Waals surface area contributed by atoms with Gasteiger partial charge < -0.3 is 15.4 Å². The number of anilines is 1. The molecule has 0 saturated carbocycles. The minimum Gasteiger partial charge on any atom is -0.381 e. The van der Waals surface area contributed by atoms with Crippen LogP contribution < -0.4 is 10.6 Å². The average Bonchev–Trinajstić information content (AvgIpc) is 2.48. The summed E-state index contributed by atoms with van der Waals surface area (Å²) < 4.78 is 18.6. The van der Waals surface area contributed by atoms with E-state index >= 15 is 0 Å². The van der Waals surface area contributed by atoms with Gasteiger partial charge in [-0.1, -0.05) is 0 Å². The van der Waals surface area contributed by atoms with Crippen molar-refractivity contribution < 1.29 is 13.9 Å². The molecule has 2 heterocycles. The van der Waals surface area contributed by atoms with E-state index in [-0.39, 0.29) is 17.5 Å². The molecular formula is C14H20FN3O2. The molecule has 1 amide bonds. The summed E-state index contributed by atoms with van der Waals surface area (Å²) >= 11 is 0. The van der Waals surface area contributed by atoms with Gasteiger partial charge in [0.2, 0.25) is 0 Å². The van der Waals surface area contributed by atoms with Crippen molar-refractivity contribution in [2.45, 2.75) is 25.8 Å². The molecule has 2 rings (SSSR count). The first-order valence-corrected chi connectivity index (χ1v) is 6.83. The van der Waals surface area contributed by atoms with Gasteiger partial charge in [-0.3, -0.25) is 4.79 Å². The van der Waals surface area contributed by atoms with Gasteiger partial charge in [0.05, 0.1) is 11.8 Å². The topological polar surface area (TPSA) is 63.2 Å². The first-order chi connectivity index (χ1) is 9.61. The molecule has 1 fully saturated rings. The maximum atomic E-state index is 13.2. The molecule has 1 aromatic heterocycles. The summed E-state index contributed by atoms with van der Waals surface area (Å²) in [5, 5.41) is 5.72. The number of carbonyl (C=O) groups excluding carboxylic acids is 1. The van der Waals surface area contributed by atoms with Crippen molar-refractivity contribution in [1.82, 2.24) is 10.3 Å². The number of hydrogen-bond acceptors (Lipinski definition) is 4. The average molecular weight is 281 g/mol. The summed E-state index contributed by atoms with van der Waals surface area (Å²) in [6, 6.07) is 1.23. The molecular weight excluding hydrogens is 261 g/mol. The normalized spacial score (nSPS) is 17.6. The van der Waals surface area contributed by atoms with Crippen molar-refractivity contribution in [3.8, 4) is 0 Å². The van der Waals surface area contributed by atoms with Gasteiger partial charge in [-0.15, -0.1) is 0 Å². The minimum absolute atomic E-state index is 0.0272. The number of hydrogen-bond donors (Lipinski definition) is 2. The van der Waals surface area contributed by atoms with Crippen LogP contribution in [-0.2, 0) is 4.74 Å². The Bertz CT molecular complexity index is 475. The fourth-order valence-corrected chi connectivity index (χ4v) is 2.43. The van der Waals surface area contributed by atoms with Crippen molar-refractivity contribution in [3.05, 3.63) is 23.6 Å². The van der Waals surface area contributed by atoms with Gasteiger partial charge in [0.15, 0.2) is 0 Å². The molecule has 6 heteroatoms. The first kappa shape index (κ1) is 14.7. The Kier molecular flexibility index (Phi) is 4.89. The smallest absolute Gasteiger partial charge is 0.255 e. The number of amides is 1. The summed E-state index contributed by atoms with van der Waals surface area (Å²) in [5.41, 5.74) is 0.228. The molecule has 5 nitrogen and oxygen atoms in total. The Labute approximate surface area is 117 Å². The number of carbonyl (C=O) groups is 1. The van der Waals surface area contributed by atoms with Crippen LogP contribution in [0.25, 0.3) is 0 Å². The van der Waals surface area contributed by atoms with Crippen LogP contribution in [0.1, 0.15) is 30.1 Å². The number of aromatic nitrogens is 1. The summed E-state index contributed by atoms with van der Waals surface area (Å²) in [6.07, 6.45) is 2.95. The Hall–Kier alpha value is -1.69. The van der Waals surface area contributed by atoms with E-state index in [4.69, 9.17) is 4.74 Å². The van der Waals surface area contributed by atoms with Crippen LogP contribution in [0.4, 0.5) is 10.2 Å². The predicted octanol–water partition coefficient (Wildman–Crippen LogP) is 1.81. The van der Waals surface area contributed by atoms with E-state index in [1.54, 1.807) is 7.05 Å². The quantitative estimate of drug-likeness (QED) is 0.883. The Balaban J connectivity index is 2.05. The molecule has 1 saturated heterocycles. The maximum Gasteiger partial charge on any atom is 0.255 e. The molecule has 0 bridgehead atoms. The SMILES string of the molecule is CNc1ncc(F)cc1C(=O)NC(C)C1CCOCC1. The molecule has 2 N–H and O–H groups in total. The lowest BCUT2D eigenvalue weighted by molar-refractivity contribution is 0.0538. The van der Waals surface area contributed by atoms with Gasteiger partial charge in [-0.2, -0.15) is 0 Å². The van der Waals surface area contributed by atoms with Crippen molar-refractivity contribution in [2.75, 3.05) is 25.6 Å². The van der Waals surface area contributed by atoms with E-state index in [2.05, 4.69) is 15.6 Å². The van der Waals surface area contributed by atoms with Crippen LogP contribution in [0.15, 0.2) is 12.3 Å². The van der Waals surface area contributed by atoms with Gasteiger partial charge in [0.25, 0.3) is 5.91 Å². The van der Waals surface area contributed by atoms with Gasteiger partial charge in [0.1, 0.15) is 11.6 Å². The summed E-state index contributed by atoms with van der Waals surface area (Å²) in [5.74, 6) is -0.0523. The summed E-state index contributed by atoms with van der Waals surface area (Å²) in [7, 11) is 1.65. The number of nitrogens with zero attached hydrogens (tertiary/aromatic N) is 1. The Morgan fingerprint density at radius 1 is 1.50 bits per heavy atom. The Morgan fingerprint density at radius 3 is 2.85 bits per heavy atom. The van der Waals surface area contributed by atoms with Crippen molar-refractivity contribution in [1.29, 1.82) is 0 Å².